The summed E-state index contributed by atoms with van der Waals surface area (Å²) in [4.78, 5) is 13.1. The van der Waals surface area contributed by atoms with E-state index in [1.54, 1.807) is 18.3 Å². The van der Waals surface area contributed by atoms with E-state index in [2.05, 4.69) is 24.4 Å². The summed E-state index contributed by atoms with van der Waals surface area (Å²) in [6, 6.07) is 15.0. The van der Waals surface area contributed by atoms with Crippen molar-refractivity contribution in [1.29, 1.82) is 0 Å². The number of amides is 1. The van der Waals surface area contributed by atoms with Crippen molar-refractivity contribution in [2.45, 2.75) is 30.9 Å². The fourth-order valence-corrected chi connectivity index (χ4v) is 2.93. The summed E-state index contributed by atoms with van der Waals surface area (Å²) in [5.41, 5.74) is 3.46. The van der Waals surface area contributed by atoms with E-state index >= 15 is 0 Å². The summed E-state index contributed by atoms with van der Waals surface area (Å²) < 4.78 is 5.64. The van der Waals surface area contributed by atoms with Crippen LogP contribution in [0.4, 0.5) is 0 Å². The van der Waals surface area contributed by atoms with Crippen LogP contribution in [0.3, 0.4) is 0 Å². The number of hydrogen-bond acceptors (Lipinski definition) is 4. The molecule has 1 unspecified atom stereocenters. The summed E-state index contributed by atoms with van der Waals surface area (Å²) in [5.74, 6) is 1.16. The predicted octanol–water partition coefficient (Wildman–Crippen LogP) is 5.01. The molecular formula is C20H23ClN2O2S. The standard InChI is InChI=1S/C20H23ClN2O2S/c1-14(2)13-25-18-8-4-16(5-9-18)12-22-23-20(24)15(3)26-19-10-6-17(21)7-11-19/h4-12,14-15H,13H2,1-3H3,(H,23,24)/b22-12+. The zero-order chi connectivity index (χ0) is 18.9. The van der Waals surface area contributed by atoms with Crippen LogP contribution < -0.4 is 10.2 Å². The zero-order valence-corrected chi connectivity index (χ0v) is 16.7. The Morgan fingerprint density at radius 2 is 1.81 bits per heavy atom. The van der Waals surface area contributed by atoms with E-state index in [1.807, 2.05) is 43.3 Å². The summed E-state index contributed by atoms with van der Waals surface area (Å²) in [6.45, 7) is 6.74. The molecule has 0 aromatic heterocycles. The number of ether oxygens (including phenoxy) is 1. The highest BCUT2D eigenvalue weighted by Gasteiger charge is 2.13. The van der Waals surface area contributed by atoms with Gasteiger partial charge in [-0.05, 0) is 66.9 Å². The van der Waals surface area contributed by atoms with Crippen LogP contribution in [0.25, 0.3) is 0 Å². The molecule has 1 atom stereocenters. The largest absolute Gasteiger partial charge is 0.493 e. The lowest BCUT2D eigenvalue weighted by Gasteiger charge is -2.09. The van der Waals surface area contributed by atoms with Crippen molar-refractivity contribution >= 4 is 35.5 Å². The molecular weight excluding hydrogens is 368 g/mol. The third-order valence-corrected chi connectivity index (χ3v) is 4.71. The van der Waals surface area contributed by atoms with Crippen LogP contribution in [0.5, 0.6) is 5.75 Å². The first-order valence-corrected chi connectivity index (χ1v) is 9.68. The maximum atomic E-state index is 12.1. The van der Waals surface area contributed by atoms with Gasteiger partial charge in [-0.2, -0.15) is 5.10 Å². The number of carbonyl (C=O) groups is 1. The van der Waals surface area contributed by atoms with Gasteiger partial charge in [-0.25, -0.2) is 5.43 Å². The van der Waals surface area contributed by atoms with Gasteiger partial charge in [0.1, 0.15) is 5.75 Å². The van der Waals surface area contributed by atoms with Crippen LogP contribution >= 0.6 is 23.4 Å². The number of halogens is 1. The molecule has 2 rings (SSSR count). The fraction of sp³-hybridized carbons (Fsp3) is 0.300. The SMILES string of the molecule is CC(C)COc1ccc(/C=N/NC(=O)C(C)Sc2ccc(Cl)cc2)cc1. The number of hydrogen-bond donors (Lipinski definition) is 1. The maximum absolute atomic E-state index is 12.1. The molecule has 4 nitrogen and oxygen atoms in total. The summed E-state index contributed by atoms with van der Waals surface area (Å²) in [5, 5.41) is 4.44. The molecule has 0 radical (unpaired) electrons. The average molecular weight is 391 g/mol. The number of rotatable bonds is 8. The second-order valence-corrected chi connectivity index (χ2v) is 8.07. The van der Waals surface area contributed by atoms with Gasteiger partial charge < -0.3 is 4.74 Å². The van der Waals surface area contributed by atoms with Crippen molar-refractivity contribution in [2.75, 3.05) is 6.61 Å². The molecule has 0 heterocycles. The topological polar surface area (TPSA) is 50.7 Å². The van der Waals surface area contributed by atoms with E-state index in [0.29, 0.717) is 17.5 Å². The molecule has 1 N–H and O–H groups in total. The molecule has 0 aliphatic heterocycles. The lowest BCUT2D eigenvalue weighted by Crippen LogP contribution is -2.26. The number of carbonyl (C=O) groups excluding carboxylic acids is 1. The van der Waals surface area contributed by atoms with Gasteiger partial charge in [0.25, 0.3) is 5.91 Å². The van der Waals surface area contributed by atoms with E-state index in [9.17, 15) is 4.79 Å². The third kappa shape index (κ3) is 7.10. The van der Waals surface area contributed by atoms with Gasteiger partial charge in [0.05, 0.1) is 18.1 Å². The number of hydrazone groups is 1. The van der Waals surface area contributed by atoms with Gasteiger partial charge >= 0.3 is 0 Å². The first-order chi connectivity index (χ1) is 12.4. The quantitative estimate of drug-likeness (QED) is 0.391. The molecule has 6 heteroatoms. The minimum absolute atomic E-state index is 0.155. The van der Waals surface area contributed by atoms with Gasteiger partial charge in [-0.15, -0.1) is 11.8 Å². The monoisotopic (exact) mass is 390 g/mol. The van der Waals surface area contributed by atoms with E-state index in [4.69, 9.17) is 16.3 Å². The molecule has 0 spiro atoms. The average Bonchev–Trinajstić information content (AvgIpc) is 2.62. The van der Waals surface area contributed by atoms with Crippen LogP contribution in [0.2, 0.25) is 5.02 Å². The summed E-state index contributed by atoms with van der Waals surface area (Å²) >= 11 is 7.32. The molecule has 0 saturated carbocycles. The van der Waals surface area contributed by atoms with Crippen molar-refractivity contribution in [3.8, 4) is 5.75 Å². The molecule has 26 heavy (non-hydrogen) atoms. The fourth-order valence-electron chi connectivity index (χ4n) is 1.95. The van der Waals surface area contributed by atoms with E-state index in [1.165, 1.54) is 11.8 Å². The maximum Gasteiger partial charge on any atom is 0.253 e. The first kappa shape index (κ1) is 20.3. The minimum atomic E-state index is -0.264. The lowest BCUT2D eigenvalue weighted by molar-refractivity contribution is -0.120. The zero-order valence-electron chi connectivity index (χ0n) is 15.1. The van der Waals surface area contributed by atoms with Crippen molar-refractivity contribution < 1.29 is 9.53 Å². The Morgan fingerprint density at radius 3 is 2.42 bits per heavy atom. The Bertz CT molecular complexity index is 730. The van der Waals surface area contributed by atoms with Crippen LogP contribution in [-0.2, 0) is 4.79 Å². The van der Waals surface area contributed by atoms with Crippen molar-refractivity contribution in [3.05, 3.63) is 59.1 Å². The minimum Gasteiger partial charge on any atom is -0.493 e. The normalized spacial score (nSPS) is 12.3. The van der Waals surface area contributed by atoms with Crippen LogP contribution in [0, 0.1) is 5.92 Å². The number of nitrogens with one attached hydrogen (secondary N) is 1. The van der Waals surface area contributed by atoms with E-state index in [0.717, 1.165) is 16.2 Å². The number of benzene rings is 2. The molecule has 0 aliphatic carbocycles. The van der Waals surface area contributed by atoms with E-state index in [-0.39, 0.29) is 11.2 Å². The van der Waals surface area contributed by atoms with Gasteiger partial charge in [0, 0.05) is 9.92 Å². The Labute approximate surface area is 164 Å². The second kappa shape index (κ2) is 10.2. The van der Waals surface area contributed by atoms with Crippen LogP contribution in [0.1, 0.15) is 26.3 Å². The van der Waals surface area contributed by atoms with Gasteiger partial charge in [-0.1, -0.05) is 25.4 Å². The van der Waals surface area contributed by atoms with Gasteiger partial charge in [-0.3, -0.25) is 4.79 Å². The summed E-state index contributed by atoms with van der Waals surface area (Å²) in [7, 11) is 0. The van der Waals surface area contributed by atoms with Crippen molar-refractivity contribution in [2.24, 2.45) is 11.0 Å². The Kier molecular flexibility index (Phi) is 8.01. The Morgan fingerprint density at radius 1 is 1.15 bits per heavy atom. The number of nitrogens with zero attached hydrogens (tertiary/aromatic N) is 1. The molecule has 0 fully saturated rings. The molecule has 2 aromatic rings. The van der Waals surface area contributed by atoms with Crippen molar-refractivity contribution in [3.63, 3.8) is 0 Å². The highest BCUT2D eigenvalue weighted by molar-refractivity contribution is 8.00. The first-order valence-electron chi connectivity index (χ1n) is 8.42. The Balaban J connectivity index is 1.81. The lowest BCUT2D eigenvalue weighted by atomic mass is 10.2. The Hall–Kier alpha value is -1.98. The highest BCUT2D eigenvalue weighted by atomic mass is 35.5. The second-order valence-electron chi connectivity index (χ2n) is 6.22. The molecule has 0 aliphatic rings. The predicted molar refractivity (Wildman–Crippen MR) is 109 cm³/mol. The highest BCUT2D eigenvalue weighted by Crippen LogP contribution is 2.24. The van der Waals surface area contributed by atoms with E-state index < -0.39 is 0 Å². The molecule has 138 valence electrons. The smallest absolute Gasteiger partial charge is 0.253 e. The molecule has 0 saturated heterocycles. The van der Waals surface area contributed by atoms with Crippen LogP contribution in [0.15, 0.2) is 58.5 Å². The summed E-state index contributed by atoms with van der Waals surface area (Å²) in [6.07, 6.45) is 1.61. The molecule has 2 aromatic carbocycles. The molecule has 0 bridgehead atoms. The van der Waals surface area contributed by atoms with Crippen molar-refractivity contribution in [1.82, 2.24) is 5.43 Å². The molecule has 1 amide bonds. The number of thioether (sulfide) groups is 1. The van der Waals surface area contributed by atoms with Gasteiger partial charge in [0.2, 0.25) is 0 Å². The van der Waals surface area contributed by atoms with Crippen LogP contribution in [-0.4, -0.2) is 24.0 Å². The third-order valence-electron chi connectivity index (χ3n) is 3.35. The van der Waals surface area contributed by atoms with Gasteiger partial charge in [0.15, 0.2) is 0 Å².